The number of nitrogens with zero attached hydrogens (tertiary/aromatic N) is 1. The number of hydrogen-bond donors (Lipinski definition) is 1. The molecule has 0 aliphatic carbocycles. The fourth-order valence-electron chi connectivity index (χ4n) is 5.08. The van der Waals surface area contributed by atoms with Crippen LogP contribution < -0.4 is 9.47 Å². The predicted octanol–water partition coefficient (Wildman–Crippen LogP) is 6.19. The SMILES string of the molecule is CC(C)Oc1ccc(CN(CC(=O)O)C(=O)Cc2ccc3c(c2)C[C@](C)(Cc2ccc(C(C)C)cc2)O3)cc1. The minimum Gasteiger partial charge on any atom is -0.491 e. The first-order chi connectivity index (χ1) is 18.5. The third-order valence-electron chi connectivity index (χ3n) is 6.97. The van der Waals surface area contributed by atoms with Crippen LogP contribution in [-0.2, 0) is 35.4 Å². The van der Waals surface area contributed by atoms with Gasteiger partial charge in [-0.1, -0.05) is 62.4 Å². The van der Waals surface area contributed by atoms with Gasteiger partial charge in [0.05, 0.1) is 12.5 Å². The van der Waals surface area contributed by atoms with E-state index in [-0.39, 0.29) is 37.1 Å². The number of carboxylic acids is 1. The highest BCUT2D eigenvalue weighted by Crippen LogP contribution is 2.37. The molecule has 0 radical (unpaired) electrons. The summed E-state index contributed by atoms with van der Waals surface area (Å²) in [6, 6.07) is 22.0. The van der Waals surface area contributed by atoms with Gasteiger partial charge in [0.15, 0.2) is 0 Å². The van der Waals surface area contributed by atoms with Gasteiger partial charge in [0.25, 0.3) is 0 Å². The van der Waals surface area contributed by atoms with Gasteiger partial charge in [-0.05, 0) is 72.7 Å². The highest BCUT2D eigenvalue weighted by molar-refractivity contribution is 5.83. The molecule has 0 unspecified atom stereocenters. The van der Waals surface area contributed by atoms with E-state index in [4.69, 9.17) is 9.47 Å². The second-order valence-electron chi connectivity index (χ2n) is 11.4. The van der Waals surface area contributed by atoms with Gasteiger partial charge in [0.2, 0.25) is 5.91 Å². The highest BCUT2D eigenvalue weighted by atomic mass is 16.5. The Morgan fingerprint density at radius 2 is 1.59 bits per heavy atom. The molecule has 1 aliphatic rings. The average Bonchev–Trinajstić information content (AvgIpc) is 3.19. The zero-order valence-electron chi connectivity index (χ0n) is 23.6. The van der Waals surface area contributed by atoms with E-state index in [1.165, 1.54) is 16.0 Å². The molecule has 0 fully saturated rings. The van der Waals surface area contributed by atoms with Gasteiger partial charge in [0.1, 0.15) is 23.6 Å². The van der Waals surface area contributed by atoms with Crippen LogP contribution in [-0.4, -0.2) is 40.1 Å². The Bertz CT molecular complexity index is 1300. The van der Waals surface area contributed by atoms with Crippen LogP contribution in [0.5, 0.6) is 11.5 Å². The Labute approximate surface area is 231 Å². The Morgan fingerprint density at radius 3 is 2.21 bits per heavy atom. The molecule has 0 aromatic heterocycles. The number of aliphatic carboxylic acids is 1. The number of benzene rings is 3. The van der Waals surface area contributed by atoms with Crippen molar-refractivity contribution < 1.29 is 24.2 Å². The summed E-state index contributed by atoms with van der Waals surface area (Å²) >= 11 is 0. The fraction of sp³-hybridized carbons (Fsp3) is 0.394. The van der Waals surface area contributed by atoms with Gasteiger partial charge in [-0.25, -0.2) is 0 Å². The molecule has 0 saturated carbocycles. The Balaban J connectivity index is 1.41. The zero-order chi connectivity index (χ0) is 28.2. The number of fused-ring (bicyclic) bond motifs is 1. The van der Waals surface area contributed by atoms with Crippen molar-refractivity contribution in [2.75, 3.05) is 6.54 Å². The molecule has 1 aliphatic heterocycles. The Kier molecular flexibility index (Phi) is 8.63. The molecule has 6 nitrogen and oxygen atoms in total. The highest BCUT2D eigenvalue weighted by Gasteiger charge is 2.35. The molecular weight excluding hydrogens is 490 g/mol. The fourth-order valence-corrected chi connectivity index (χ4v) is 5.08. The first-order valence-corrected chi connectivity index (χ1v) is 13.6. The van der Waals surface area contributed by atoms with E-state index in [0.717, 1.165) is 41.0 Å². The lowest BCUT2D eigenvalue weighted by atomic mass is 9.90. The van der Waals surface area contributed by atoms with Gasteiger partial charge in [-0.3, -0.25) is 9.59 Å². The van der Waals surface area contributed by atoms with Crippen molar-refractivity contribution in [1.29, 1.82) is 0 Å². The lowest BCUT2D eigenvalue weighted by Crippen LogP contribution is -2.36. The zero-order valence-corrected chi connectivity index (χ0v) is 23.6. The van der Waals surface area contributed by atoms with E-state index in [2.05, 4.69) is 45.0 Å². The molecular formula is C33H39NO5. The van der Waals surface area contributed by atoms with Gasteiger partial charge in [-0.15, -0.1) is 0 Å². The number of rotatable bonds is 11. The molecule has 1 heterocycles. The molecule has 39 heavy (non-hydrogen) atoms. The Hall–Kier alpha value is -3.80. The van der Waals surface area contributed by atoms with Crippen molar-refractivity contribution in [3.8, 4) is 11.5 Å². The molecule has 0 spiro atoms. The summed E-state index contributed by atoms with van der Waals surface area (Å²) in [4.78, 5) is 26.1. The second kappa shape index (κ2) is 11.9. The number of amides is 1. The average molecular weight is 530 g/mol. The van der Waals surface area contributed by atoms with E-state index >= 15 is 0 Å². The van der Waals surface area contributed by atoms with Crippen LogP contribution in [0.2, 0.25) is 0 Å². The van der Waals surface area contributed by atoms with E-state index < -0.39 is 5.97 Å². The maximum Gasteiger partial charge on any atom is 0.323 e. The van der Waals surface area contributed by atoms with E-state index in [0.29, 0.717) is 5.92 Å². The minimum absolute atomic E-state index is 0.0628. The summed E-state index contributed by atoms with van der Waals surface area (Å²) in [5.41, 5.74) is 4.97. The third kappa shape index (κ3) is 7.62. The van der Waals surface area contributed by atoms with Gasteiger partial charge in [0, 0.05) is 19.4 Å². The van der Waals surface area contributed by atoms with Gasteiger partial charge < -0.3 is 19.5 Å². The largest absolute Gasteiger partial charge is 0.491 e. The maximum atomic E-state index is 13.2. The molecule has 1 N–H and O–H groups in total. The first-order valence-electron chi connectivity index (χ1n) is 13.6. The Morgan fingerprint density at radius 1 is 0.949 bits per heavy atom. The summed E-state index contributed by atoms with van der Waals surface area (Å²) in [6.45, 7) is 10.3. The van der Waals surface area contributed by atoms with Gasteiger partial charge >= 0.3 is 5.97 Å². The standard InChI is InChI=1S/C33H39NO5/c1-22(2)27-11-6-24(7-12-27)18-33(5)19-28-16-26(10-15-30(28)39-33)17-31(35)34(21-32(36)37)20-25-8-13-29(14-9-25)38-23(3)4/h6-16,22-23H,17-21H2,1-5H3,(H,36,37)/t33-/m0/s1. The van der Waals surface area contributed by atoms with Crippen molar-refractivity contribution in [3.63, 3.8) is 0 Å². The summed E-state index contributed by atoms with van der Waals surface area (Å²) in [7, 11) is 0. The number of carbonyl (C=O) groups excluding carboxylic acids is 1. The van der Waals surface area contributed by atoms with E-state index in [9.17, 15) is 14.7 Å². The van der Waals surface area contributed by atoms with Crippen LogP contribution in [0.25, 0.3) is 0 Å². The monoisotopic (exact) mass is 529 g/mol. The number of ether oxygens (including phenoxy) is 2. The van der Waals surface area contributed by atoms with Crippen LogP contribution in [0.4, 0.5) is 0 Å². The van der Waals surface area contributed by atoms with Crippen molar-refractivity contribution in [1.82, 2.24) is 4.90 Å². The van der Waals surface area contributed by atoms with Crippen molar-refractivity contribution in [2.24, 2.45) is 0 Å². The smallest absolute Gasteiger partial charge is 0.323 e. The topological polar surface area (TPSA) is 76.1 Å². The molecule has 6 heteroatoms. The van der Waals surface area contributed by atoms with E-state index in [1.807, 2.05) is 56.3 Å². The molecule has 1 amide bonds. The molecule has 1 atom stereocenters. The van der Waals surface area contributed by atoms with Crippen LogP contribution in [0.1, 0.15) is 68.4 Å². The summed E-state index contributed by atoms with van der Waals surface area (Å²) < 4.78 is 12.0. The molecule has 3 aromatic carbocycles. The van der Waals surface area contributed by atoms with Crippen LogP contribution in [0.3, 0.4) is 0 Å². The summed E-state index contributed by atoms with van der Waals surface area (Å²) in [5.74, 6) is 0.817. The molecule has 206 valence electrons. The van der Waals surface area contributed by atoms with E-state index in [1.54, 1.807) is 0 Å². The van der Waals surface area contributed by atoms with Crippen LogP contribution in [0, 0.1) is 0 Å². The lowest BCUT2D eigenvalue weighted by Gasteiger charge is -2.24. The lowest BCUT2D eigenvalue weighted by molar-refractivity contribution is -0.144. The van der Waals surface area contributed by atoms with Crippen molar-refractivity contribution in [2.45, 2.75) is 78.0 Å². The van der Waals surface area contributed by atoms with Crippen molar-refractivity contribution >= 4 is 11.9 Å². The maximum absolute atomic E-state index is 13.2. The van der Waals surface area contributed by atoms with Crippen LogP contribution >= 0.6 is 0 Å². The number of hydrogen-bond acceptors (Lipinski definition) is 4. The predicted molar refractivity (Wildman–Crippen MR) is 152 cm³/mol. The first kappa shape index (κ1) is 28.2. The summed E-state index contributed by atoms with van der Waals surface area (Å²) in [5, 5.41) is 9.44. The number of carbonyl (C=O) groups is 2. The number of carboxylic acid groups (broad SMARTS) is 1. The van der Waals surface area contributed by atoms with Gasteiger partial charge in [-0.2, -0.15) is 0 Å². The van der Waals surface area contributed by atoms with Crippen LogP contribution in [0.15, 0.2) is 66.7 Å². The third-order valence-corrected chi connectivity index (χ3v) is 6.97. The summed E-state index contributed by atoms with van der Waals surface area (Å²) in [6.07, 6.45) is 1.73. The molecule has 3 aromatic rings. The normalized spacial score (nSPS) is 16.2. The molecule has 0 bridgehead atoms. The van der Waals surface area contributed by atoms with Crippen molar-refractivity contribution in [3.05, 3.63) is 94.5 Å². The minimum atomic E-state index is -1.04. The molecule has 4 rings (SSSR count). The second-order valence-corrected chi connectivity index (χ2v) is 11.4. The quantitative estimate of drug-likeness (QED) is 0.321. The molecule has 0 saturated heterocycles.